The first-order valence-corrected chi connectivity index (χ1v) is 10.1. The quantitative estimate of drug-likeness (QED) is 0.765. The van der Waals surface area contributed by atoms with Crippen LogP contribution in [0.2, 0.25) is 0 Å². The number of ether oxygens (including phenoxy) is 2. The molecule has 0 bridgehead atoms. The summed E-state index contributed by atoms with van der Waals surface area (Å²) in [6, 6.07) is 5.57. The lowest BCUT2D eigenvalue weighted by molar-refractivity contribution is 0.148. The van der Waals surface area contributed by atoms with Gasteiger partial charge in [0.2, 0.25) is 10.0 Å². The Labute approximate surface area is 159 Å². The molecule has 1 aliphatic rings. The van der Waals surface area contributed by atoms with E-state index in [2.05, 4.69) is 10.1 Å². The third kappa shape index (κ3) is 3.54. The summed E-state index contributed by atoms with van der Waals surface area (Å²) >= 11 is 0. The summed E-state index contributed by atoms with van der Waals surface area (Å²) in [5.41, 5.74) is 1.35. The first kappa shape index (κ1) is 19.7. The second-order valence-electron chi connectivity index (χ2n) is 6.63. The fourth-order valence-electron chi connectivity index (χ4n) is 3.46. The normalized spacial score (nSPS) is 19.2. The van der Waals surface area contributed by atoms with Crippen LogP contribution in [0, 0.1) is 13.8 Å². The van der Waals surface area contributed by atoms with Gasteiger partial charge in [0, 0.05) is 25.7 Å². The molecule has 2 aromatic rings. The standard InChI is InChI=1S/C18H25N3O5S/c1-12-18(13(2)26-19-12)27(22,23)21-9-8-20(3)15(11-21)14-6-7-16(24-4)17(10-14)25-5/h6-7,10,15H,8-9,11H2,1-5H3. The van der Waals surface area contributed by atoms with Crippen LogP contribution < -0.4 is 9.47 Å². The Bertz CT molecular complexity index is 906. The Morgan fingerprint density at radius 1 is 1.15 bits per heavy atom. The van der Waals surface area contributed by atoms with Crippen molar-refractivity contribution >= 4 is 10.0 Å². The molecular weight excluding hydrogens is 370 g/mol. The maximum absolute atomic E-state index is 13.2. The second-order valence-corrected chi connectivity index (χ2v) is 8.50. The molecule has 0 aliphatic carbocycles. The van der Waals surface area contributed by atoms with Gasteiger partial charge in [-0.05, 0) is 38.6 Å². The van der Waals surface area contributed by atoms with Gasteiger partial charge in [0.05, 0.1) is 14.2 Å². The van der Waals surface area contributed by atoms with E-state index in [4.69, 9.17) is 14.0 Å². The van der Waals surface area contributed by atoms with E-state index in [1.165, 1.54) is 4.31 Å². The monoisotopic (exact) mass is 395 g/mol. The van der Waals surface area contributed by atoms with Crippen molar-refractivity contribution in [2.75, 3.05) is 40.9 Å². The molecule has 1 atom stereocenters. The molecule has 0 saturated carbocycles. The maximum Gasteiger partial charge on any atom is 0.248 e. The SMILES string of the molecule is COc1ccc(C2CN(S(=O)(=O)c3c(C)noc3C)CCN2C)cc1OC. The molecule has 9 heteroatoms. The summed E-state index contributed by atoms with van der Waals surface area (Å²) in [6.07, 6.45) is 0. The molecule has 3 rings (SSSR count). The molecule has 2 heterocycles. The predicted octanol–water partition coefficient (Wildman–Crippen LogP) is 1.99. The summed E-state index contributed by atoms with van der Waals surface area (Å²) in [6.45, 7) is 4.62. The lowest BCUT2D eigenvalue weighted by Gasteiger charge is -2.39. The number of rotatable bonds is 5. The fourth-order valence-corrected chi connectivity index (χ4v) is 5.19. The highest BCUT2D eigenvalue weighted by atomic mass is 32.2. The molecule has 1 aliphatic heterocycles. The van der Waals surface area contributed by atoms with Gasteiger partial charge < -0.3 is 14.0 Å². The lowest BCUT2D eigenvalue weighted by Crippen LogP contribution is -2.49. The van der Waals surface area contributed by atoms with Gasteiger partial charge in [-0.2, -0.15) is 4.31 Å². The number of sulfonamides is 1. The molecule has 8 nitrogen and oxygen atoms in total. The zero-order valence-corrected chi connectivity index (χ0v) is 17.0. The number of piperazine rings is 1. The van der Waals surface area contributed by atoms with Crippen LogP contribution in [0.5, 0.6) is 11.5 Å². The van der Waals surface area contributed by atoms with E-state index in [0.717, 1.165) is 5.56 Å². The summed E-state index contributed by atoms with van der Waals surface area (Å²) in [5, 5.41) is 3.79. The van der Waals surface area contributed by atoms with Gasteiger partial charge >= 0.3 is 0 Å². The molecule has 1 saturated heterocycles. The average Bonchev–Trinajstić information content (AvgIpc) is 3.00. The number of hydrogen-bond acceptors (Lipinski definition) is 7. The Morgan fingerprint density at radius 2 is 1.85 bits per heavy atom. The van der Waals surface area contributed by atoms with E-state index in [9.17, 15) is 8.42 Å². The fraction of sp³-hybridized carbons (Fsp3) is 0.500. The van der Waals surface area contributed by atoms with Gasteiger partial charge in [-0.3, -0.25) is 4.90 Å². The molecule has 0 amide bonds. The molecule has 0 radical (unpaired) electrons. The lowest BCUT2D eigenvalue weighted by atomic mass is 10.0. The first-order valence-electron chi connectivity index (χ1n) is 8.64. The summed E-state index contributed by atoms with van der Waals surface area (Å²) < 4.78 is 43.6. The Kier molecular flexibility index (Phi) is 5.45. The van der Waals surface area contributed by atoms with Crippen molar-refractivity contribution in [3.63, 3.8) is 0 Å². The molecule has 1 aromatic heterocycles. The highest BCUT2D eigenvalue weighted by molar-refractivity contribution is 7.89. The minimum atomic E-state index is -3.68. The summed E-state index contributed by atoms with van der Waals surface area (Å²) in [7, 11) is 1.48. The number of benzene rings is 1. The van der Waals surface area contributed by atoms with Crippen molar-refractivity contribution in [1.29, 1.82) is 0 Å². The van der Waals surface area contributed by atoms with E-state index in [1.54, 1.807) is 28.1 Å². The minimum absolute atomic E-state index is 0.103. The van der Waals surface area contributed by atoms with Crippen molar-refractivity contribution in [3.8, 4) is 11.5 Å². The molecular formula is C18H25N3O5S. The smallest absolute Gasteiger partial charge is 0.248 e. The minimum Gasteiger partial charge on any atom is -0.493 e. The number of nitrogens with zero attached hydrogens (tertiary/aromatic N) is 3. The Morgan fingerprint density at radius 3 is 2.44 bits per heavy atom. The Hall–Kier alpha value is -2.10. The van der Waals surface area contributed by atoms with Crippen LogP contribution in [0.1, 0.15) is 23.1 Å². The molecule has 1 unspecified atom stereocenters. The van der Waals surface area contributed by atoms with Crippen LogP contribution in [-0.2, 0) is 10.0 Å². The van der Waals surface area contributed by atoms with Crippen molar-refractivity contribution < 1.29 is 22.4 Å². The molecule has 27 heavy (non-hydrogen) atoms. The highest BCUT2D eigenvalue weighted by Crippen LogP contribution is 2.34. The zero-order chi connectivity index (χ0) is 19.8. The van der Waals surface area contributed by atoms with Gasteiger partial charge in [-0.15, -0.1) is 0 Å². The van der Waals surface area contributed by atoms with Gasteiger partial charge in [-0.25, -0.2) is 8.42 Å². The number of hydrogen-bond donors (Lipinski definition) is 0. The van der Waals surface area contributed by atoms with E-state index >= 15 is 0 Å². The number of methoxy groups -OCH3 is 2. The largest absolute Gasteiger partial charge is 0.493 e. The third-order valence-corrected chi connectivity index (χ3v) is 7.08. The van der Waals surface area contributed by atoms with Crippen molar-refractivity contribution in [3.05, 3.63) is 35.2 Å². The summed E-state index contributed by atoms with van der Waals surface area (Å²) in [4.78, 5) is 2.30. The van der Waals surface area contributed by atoms with Crippen LogP contribution in [-0.4, -0.2) is 63.7 Å². The molecule has 148 valence electrons. The third-order valence-electron chi connectivity index (χ3n) is 4.97. The van der Waals surface area contributed by atoms with Crippen LogP contribution in [0.25, 0.3) is 0 Å². The predicted molar refractivity (Wildman–Crippen MR) is 99.7 cm³/mol. The highest BCUT2D eigenvalue weighted by Gasteiger charge is 2.36. The molecule has 0 N–H and O–H groups in total. The average molecular weight is 395 g/mol. The molecule has 1 aromatic carbocycles. The van der Waals surface area contributed by atoms with Gasteiger partial charge in [0.15, 0.2) is 17.3 Å². The second kappa shape index (κ2) is 7.49. The first-order chi connectivity index (χ1) is 12.8. The maximum atomic E-state index is 13.2. The van der Waals surface area contributed by atoms with Gasteiger partial charge in [0.25, 0.3) is 0 Å². The summed E-state index contributed by atoms with van der Waals surface area (Å²) in [5.74, 6) is 1.57. The van der Waals surface area contributed by atoms with Crippen LogP contribution in [0.15, 0.2) is 27.6 Å². The Balaban J connectivity index is 1.93. The number of likely N-dealkylation sites (N-methyl/N-ethyl adjacent to an activating group) is 1. The van der Waals surface area contributed by atoms with E-state index in [0.29, 0.717) is 42.6 Å². The van der Waals surface area contributed by atoms with Gasteiger partial charge in [-0.1, -0.05) is 11.2 Å². The van der Waals surface area contributed by atoms with E-state index in [-0.39, 0.29) is 10.9 Å². The van der Waals surface area contributed by atoms with Gasteiger partial charge in [0.1, 0.15) is 10.6 Å². The molecule has 1 fully saturated rings. The van der Waals surface area contributed by atoms with Crippen molar-refractivity contribution in [2.45, 2.75) is 24.8 Å². The molecule has 0 spiro atoms. The van der Waals surface area contributed by atoms with E-state index < -0.39 is 10.0 Å². The topological polar surface area (TPSA) is 85.1 Å². The zero-order valence-electron chi connectivity index (χ0n) is 16.2. The van der Waals surface area contributed by atoms with Crippen LogP contribution in [0.4, 0.5) is 0 Å². The van der Waals surface area contributed by atoms with E-state index in [1.807, 2.05) is 25.2 Å². The van der Waals surface area contributed by atoms with Crippen LogP contribution in [0.3, 0.4) is 0 Å². The van der Waals surface area contributed by atoms with Crippen molar-refractivity contribution in [2.24, 2.45) is 0 Å². The van der Waals surface area contributed by atoms with Crippen LogP contribution >= 0.6 is 0 Å². The number of aromatic nitrogens is 1. The number of aryl methyl sites for hydroxylation is 2. The van der Waals surface area contributed by atoms with Crippen molar-refractivity contribution in [1.82, 2.24) is 14.4 Å².